The SMILES string of the molecule is CC(c1ccc(-c2ccc(-c3ccccc3S(=O)(=O)NC(C)(C)C)cc2)cc1)N(C)C. The van der Waals surface area contributed by atoms with Gasteiger partial charge in [-0.25, -0.2) is 13.1 Å². The summed E-state index contributed by atoms with van der Waals surface area (Å²) in [5.41, 5.74) is 4.53. The van der Waals surface area contributed by atoms with Gasteiger partial charge in [0.2, 0.25) is 10.0 Å². The van der Waals surface area contributed by atoms with Gasteiger partial charge < -0.3 is 4.90 Å². The van der Waals surface area contributed by atoms with E-state index < -0.39 is 15.6 Å². The van der Waals surface area contributed by atoms with Gasteiger partial charge in [-0.15, -0.1) is 0 Å². The first kappa shape index (κ1) is 23.2. The Labute approximate surface area is 187 Å². The first-order valence-corrected chi connectivity index (χ1v) is 12.0. The fraction of sp³-hybridized carbons (Fsp3) is 0.308. The molecule has 5 heteroatoms. The van der Waals surface area contributed by atoms with Crippen molar-refractivity contribution in [2.75, 3.05) is 14.1 Å². The minimum atomic E-state index is -3.63. The zero-order valence-corrected chi connectivity index (χ0v) is 20.0. The molecule has 0 aromatic heterocycles. The summed E-state index contributed by atoms with van der Waals surface area (Å²) in [7, 11) is 0.518. The molecule has 1 atom stereocenters. The molecular weight excluding hydrogens is 404 g/mol. The van der Waals surface area contributed by atoms with Crippen LogP contribution in [0.1, 0.15) is 39.3 Å². The molecule has 0 radical (unpaired) electrons. The third-order valence-corrected chi connectivity index (χ3v) is 7.13. The Morgan fingerprint density at radius 1 is 0.774 bits per heavy atom. The van der Waals surface area contributed by atoms with Crippen molar-refractivity contribution in [3.63, 3.8) is 0 Å². The summed E-state index contributed by atoms with van der Waals surface area (Å²) < 4.78 is 28.7. The minimum Gasteiger partial charge on any atom is -0.303 e. The Kier molecular flexibility index (Phi) is 6.70. The van der Waals surface area contributed by atoms with Gasteiger partial charge in [-0.1, -0.05) is 66.7 Å². The Morgan fingerprint density at radius 3 is 1.77 bits per heavy atom. The van der Waals surface area contributed by atoms with E-state index in [1.165, 1.54) is 5.56 Å². The molecule has 31 heavy (non-hydrogen) atoms. The molecule has 0 amide bonds. The second kappa shape index (κ2) is 8.95. The predicted molar refractivity (Wildman–Crippen MR) is 129 cm³/mol. The molecule has 0 bridgehead atoms. The quantitative estimate of drug-likeness (QED) is 0.538. The summed E-state index contributed by atoms with van der Waals surface area (Å²) in [5, 5.41) is 0. The van der Waals surface area contributed by atoms with Crippen molar-refractivity contribution in [3.05, 3.63) is 78.4 Å². The molecule has 164 valence electrons. The number of hydrogen-bond donors (Lipinski definition) is 1. The Bertz CT molecular complexity index is 1130. The van der Waals surface area contributed by atoms with E-state index in [1.807, 2.05) is 57.2 Å². The molecule has 0 heterocycles. The molecule has 3 aromatic rings. The molecule has 1 unspecified atom stereocenters. The van der Waals surface area contributed by atoms with Gasteiger partial charge in [-0.2, -0.15) is 0 Å². The maximum atomic E-state index is 13.0. The Morgan fingerprint density at radius 2 is 1.26 bits per heavy atom. The third-order valence-electron chi connectivity index (χ3n) is 5.31. The molecule has 3 aromatic carbocycles. The van der Waals surface area contributed by atoms with Gasteiger partial charge in [0.15, 0.2) is 0 Å². The number of benzene rings is 3. The lowest BCUT2D eigenvalue weighted by molar-refractivity contribution is 0.321. The molecule has 1 N–H and O–H groups in total. The normalized spacial score (nSPS) is 13.4. The van der Waals surface area contributed by atoms with E-state index in [4.69, 9.17) is 0 Å². The van der Waals surface area contributed by atoms with Crippen molar-refractivity contribution in [2.45, 2.75) is 44.2 Å². The van der Waals surface area contributed by atoms with Crippen LogP contribution in [0.4, 0.5) is 0 Å². The highest BCUT2D eigenvalue weighted by Gasteiger charge is 2.24. The highest BCUT2D eigenvalue weighted by Crippen LogP contribution is 2.30. The van der Waals surface area contributed by atoms with E-state index in [1.54, 1.807) is 12.1 Å². The zero-order valence-electron chi connectivity index (χ0n) is 19.2. The smallest absolute Gasteiger partial charge is 0.241 e. The van der Waals surface area contributed by atoms with E-state index in [0.717, 1.165) is 16.7 Å². The fourth-order valence-corrected chi connectivity index (χ4v) is 5.14. The number of rotatable bonds is 6. The lowest BCUT2D eigenvalue weighted by atomic mass is 9.98. The second-order valence-corrected chi connectivity index (χ2v) is 10.8. The maximum absolute atomic E-state index is 13.0. The Hall–Kier alpha value is -2.47. The topological polar surface area (TPSA) is 49.4 Å². The molecule has 0 aliphatic heterocycles. The van der Waals surface area contributed by atoms with Crippen LogP contribution in [0.25, 0.3) is 22.3 Å². The highest BCUT2D eigenvalue weighted by atomic mass is 32.2. The van der Waals surface area contributed by atoms with Crippen molar-refractivity contribution >= 4 is 10.0 Å². The number of nitrogens with one attached hydrogen (secondary N) is 1. The van der Waals surface area contributed by atoms with Crippen LogP contribution >= 0.6 is 0 Å². The summed E-state index contributed by atoms with van der Waals surface area (Å²) in [6.45, 7) is 7.70. The molecule has 0 saturated carbocycles. The van der Waals surface area contributed by atoms with Crippen LogP contribution in [0.5, 0.6) is 0 Å². The summed E-state index contributed by atoms with van der Waals surface area (Å²) in [5.74, 6) is 0. The lowest BCUT2D eigenvalue weighted by Gasteiger charge is -2.21. The average Bonchev–Trinajstić information content (AvgIpc) is 2.72. The van der Waals surface area contributed by atoms with Crippen LogP contribution in [0.15, 0.2) is 77.7 Å². The van der Waals surface area contributed by atoms with Crippen molar-refractivity contribution in [3.8, 4) is 22.3 Å². The molecule has 3 rings (SSSR count). The summed E-state index contributed by atoms with van der Waals surface area (Å²) in [4.78, 5) is 2.48. The minimum absolute atomic E-state index is 0.291. The van der Waals surface area contributed by atoms with Crippen LogP contribution in [0.2, 0.25) is 0 Å². The maximum Gasteiger partial charge on any atom is 0.241 e. The van der Waals surface area contributed by atoms with E-state index in [0.29, 0.717) is 16.5 Å². The second-order valence-electron chi connectivity index (χ2n) is 9.19. The van der Waals surface area contributed by atoms with Gasteiger partial charge >= 0.3 is 0 Å². The van der Waals surface area contributed by atoms with Gasteiger partial charge in [0.1, 0.15) is 0 Å². The third kappa shape index (κ3) is 5.62. The van der Waals surface area contributed by atoms with E-state index >= 15 is 0 Å². The summed E-state index contributed by atoms with van der Waals surface area (Å²) in [6.07, 6.45) is 0. The van der Waals surface area contributed by atoms with Crippen LogP contribution in [-0.4, -0.2) is 33.0 Å². The van der Waals surface area contributed by atoms with Crippen molar-refractivity contribution in [2.24, 2.45) is 0 Å². The van der Waals surface area contributed by atoms with Crippen LogP contribution < -0.4 is 4.72 Å². The van der Waals surface area contributed by atoms with Gasteiger partial charge in [-0.3, -0.25) is 0 Å². The largest absolute Gasteiger partial charge is 0.303 e. The highest BCUT2D eigenvalue weighted by molar-refractivity contribution is 7.89. The van der Waals surface area contributed by atoms with Crippen molar-refractivity contribution in [1.29, 1.82) is 0 Å². The van der Waals surface area contributed by atoms with Crippen molar-refractivity contribution < 1.29 is 8.42 Å². The predicted octanol–water partition coefficient (Wildman–Crippen LogP) is 5.72. The van der Waals surface area contributed by atoms with Crippen LogP contribution in [0, 0.1) is 0 Å². The summed E-state index contributed by atoms with van der Waals surface area (Å²) in [6, 6.07) is 24.1. The first-order valence-electron chi connectivity index (χ1n) is 10.5. The molecule has 0 saturated heterocycles. The van der Waals surface area contributed by atoms with Crippen LogP contribution in [0.3, 0.4) is 0 Å². The van der Waals surface area contributed by atoms with Crippen molar-refractivity contribution in [1.82, 2.24) is 9.62 Å². The summed E-state index contributed by atoms with van der Waals surface area (Å²) >= 11 is 0. The molecule has 0 aliphatic carbocycles. The van der Waals surface area contributed by atoms with E-state index in [2.05, 4.69) is 54.9 Å². The monoisotopic (exact) mass is 436 g/mol. The Balaban J connectivity index is 1.91. The van der Waals surface area contributed by atoms with E-state index in [-0.39, 0.29) is 0 Å². The fourth-order valence-electron chi connectivity index (χ4n) is 3.49. The molecule has 4 nitrogen and oxygen atoms in total. The number of sulfonamides is 1. The standard InChI is InChI=1S/C26H32N2O2S/c1-19(28(5)6)20-11-13-21(14-12-20)22-15-17-23(18-16-22)24-9-7-8-10-25(24)31(29,30)27-26(2,3)4/h7-19,27H,1-6H3. The molecule has 0 fully saturated rings. The zero-order chi connectivity index (χ0) is 22.8. The van der Waals surface area contributed by atoms with E-state index in [9.17, 15) is 8.42 Å². The van der Waals surface area contributed by atoms with Gasteiger partial charge in [-0.05, 0) is 70.1 Å². The number of hydrogen-bond acceptors (Lipinski definition) is 3. The molecule has 0 spiro atoms. The first-order chi connectivity index (χ1) is 14.5. The molecular formula is C26H32N2O2S. The number of nitrogens with zero attached hydrogens (tertiary/aromatic N) is 1. The van der Waals surface area contributed by atoms with Gasteiger partial charge in [0.05, 0.1) is 4.90 Å². The van der Waals surface area contributed by atoms with Gasteiger partial charge in [0.25, 0.3) is 0 Å². The lowest BCUT2D eigenvalue weighted by Crippen LogP contribution is -2.40. The average molecular weight is 437 g/mol. The van der Waals surface area contributed by atoms with Crippen LogP contribution in [-0.2, 0) is 10.0 Å². The molecule has 0 aliphatic rings. The van der Waals surface area contributed by atoms with Gasteiger partial charge in [0, 0.05) is 17.1 Å².